The van der Waals surface area contributed by atoms with Crippen LogP contribution in [0.4, 0.5) is 0 Å². The number of rotatable bonds is 1. The molecule has 1 rings (SSSR count). The number of alkyl halides is 1. The van der Waals surface area contributed by atoms with Crippen LogP contribution >= 0.6 is 15.9 Å². The van der Waals surface area contributed by atoms with E-state index < -0.39 is 0 Å². The first-order chi connectivity index (χ1) is 5.24. The van der Waals surface area contributed by atoms with Crippen molar-refractivity contribution in [1.82, 2.24) is 0 Å². The molecule has 1 nitrogen and oxygen atoms in total. The second kappa shape index (κ2) is 3.54. The molecule has 0 aliphatic carbocycles. The Balaban J connectivity index is 3.03. The van der Waals surface area contributed by atoms with Crippen LogP contribution in [0, 0.1) is 11.3 Å². The number of benzene rings is 1. The monoisotopic (exact) mass is 209 g/mol. The van der Waals surface area contributed by atoms with Crippen molar-refractivity contribution in [3.8, 4) is 6.07 Å². The minimum absolute atomic E-state index is 0.316. The molecule has 0 spiro atoms. The first kappa shape index (κ1) is 8.29. The van der Waals surface area contributed by atoms with E-state index in [1.807, 2.05) is 25.1 Å². The minimum Gasteiger partial charge on any atom is -0.192 e. The Morgan fingerprint density at radius 3 is 2.82 bits per heavy atom. The number of nitriles is 1. The summed E-state index contributed by atoms with van der Waals surface area (Å²) in [4.78, 5) is 0.316. The molecule has 1 atom stereocenters. The van der Waals surface area contributed by atoms with Crippen LogP contribution in [0.2, 0.25) is 0 Å². The lowest BCUT2D eigenvalue weighted by Crippen LogP contribution is -1.83. The third-order valence-corrected chi connectivity index (χ3v) is 2.00. The Labute approximate surface area is 74.8 Å². The summed E-state index contributed by atoms with van der Waals surface area (Å²) in [6.45, 7) is 2.04. The van der Waals surface area contributed by atoms with Crippen molar-refractivity contribution in [3.05, 3.63) is 35.4 Å². The van der Waals surface area contributed by atoms with Crippen LogP contribution in [0.25, 0.3) is 0 Å². The topological polar surface area (TPSA) is 23.8 Å². The Morgan fingerprint density at radius 1 is 1.55 bits per heavy atom. The highest BCUT2D eigenvalue weighted by Gasteiger charge is 1.99. The average molecular weight is 210 g/mol. The highest BCUT2D eigenvalue weighted by atomic mass is 79.9. The van der Waals surface area contributed by atoms with Gasteiger partial charge in [0.2, 0.25) is 0 Å². The Kier molecular flexibility index (Phi) is 2.67. The van der Waals surface area contributed by atoms with Crippen molar-refractivity contribution in [2.45, 2.75) is 11.8 Å². The highest BCUT2D eigenvalue weighted by Crippen LogP contribution is 2.21. The molecule has 0 fully saturated rings. The lowest BCUT2D eigenvalue weighted by Gasteiger charge is -2.01. The van der Waals surface area contributed by atoms with Gasteiger partial charge >= 0.3 is 0 Å². The van der Waals surface area contributed by atoms with Crippen LogP contribution in [-0.4, -0.2) is 0 Å². The molecular weight excluding hydrogens is 202 g/mol. The van der Waals surface area contributed by atoms with Crippen molar-refractivity contribution in [1.29, 1.82) is 5.26 Å². The van der Waals surface area contributed by atoms with Crippen molar-refractivity contribution >= 4 is 15.9 Å². The molecule has 0 radical (unpaired) electrons. The summed E-state index contributed by atoms with van der Waals surface area (Å²) in [7, 11) is 0. The first-order valence-electron chi connectivity index (χ1n) is 3.38. The van der Waals surface area contributed by atoms with Gasteiger partial charge in [0.05, 0.1) is 11.6 Å². The number of hydrogen-bond donors (Lipinski definition) is 0. The average Bonchev–Trinajstić information content (AvgIpc) is 2.05. The zero-order valence-electron chi connectivity index (χ0n) is 6.21. The molecule has 1 aromatic rings. The quantitative estimate of drug-likeness (QED) is 0.653. The zero-order chi connectivity index (χ0) is 8.27. The lowest BCUT2D eigenvalue weighted by atomic mass is 10.1. The summed E-state index contributed by atoms with van der Waals surface area (Å²) in [5.41, 5.74) is 1.86. The van der Waals surface area contributed by atoms with Gasteiger partial charge in [0.1, 0.15) is 0 Å². The van der Waals surface area contributed by atoms with E-state index in [4.69, 9.17) is 5.26 Å². The standard InChI is InChI=1S/C9H8BrN/c1-7(10)9-4-2-3-8(5-9)6-11/h2-5,7H,1H3/t7-/m0/s1. The van der Waals surface area contributed by atoms with Gasteiger partial charge in [-0.15, -0.1) is 0 Å². The molecular formula is C9H8BrN. The van der Waals surface area contributed by atoms with Gasteiger partial charge in [0.15, 0.2) is 0 Å². The van der Waals surface area contributed by atoms with Crippen molar-refractivity contribution in [2.24, 2.45) is 0 Å². The van der Waals surface area contributed by atoms with E-state index in [2.05, 4.69) is 22.0 Å². The molecule has 0 unspecified atom stereocenters. The molecule has 0 heterocycles. The summed E-state index contributed by atoms with van der Waals surface area (Å²) in [5.74, 6) is 0. The van der Waals surface area contributed by atoms with Crippen molar-refractivity contribution < 1.29 is 0 Å². The smallest absolute Gasteiger partial charge is 0.0991 e. The summed E-state index contributed by atoms with van der Waals surface area (Å²) >= 11 is 3.44. The van der Waals surface area contributed by atoms with Gasteiger partial charge in [-0.3, -0.25) is 0 Å². The number of nitrogens with zero attached hydrogens (tertiary/aromatic N) is 1. The third-order valence-electron chi connectivity index (χ3n) is 1.48. The molecule has 56 valence electrons. The molecule has 0 amide bonds. The fraction of sp³-hybridized carbons (Fsp3) is 0.222. The maximum atomic E-state index is 8.58. The number of hydrogen-bond acceptors (Lipinski definition) is 1. The van der Waals surface area contributed by atoms with E-state index in [-0.39, 0.29) is 0 Å². The van der Waals surface area contributed by atoms with Crippen LogP contribution in [-0.2, 0) is 0 Å². The molecule has 0 bridgehead atoms. The van der Waals surface area contributed by atoms with E-state index in [1.165, 1.54) is 0 Å². The van der Waals surface area contributed by atoms with Gasteiger partial charge in [0, 0.05) is 4.83 Å². The maximum Gasteiger partial charge on any atom is 0.0991 e. The van der Waals surface area contributed by atoms with Gasteiger partial charge < -0.3 is 0 Å². The van der Waals surface area contributed by atoms with Crippen LogP contribution in [0.3, 0.4) is 0 Å². The fourth-order valence-corrected chi connectivity index (χ4v) is 1.14. The van der Waals surface area contributed by atoms with Gasteiger partial charge in [-0.2, -0.15) is 5.26 Å². The predicted octanol–water partition coefficient (Wildman–Crippen LogP) is 3.01. The summed E-state index contributed by atoms with van der Waals surface area (Å²) < 4.78 is 0. The van der Waals surface area contributed by atoms with E-state index in [0.717, 1.165) is 5.56 Å². The minimum atomic E-state index is 0.316. The SMILES string of the molecule is C[C@H](Br)c1cccc(C#N)c1. The van der Waals surface area contributed by atoms with Crippen LogP contribution in [0.15, 0.2) is 24.3 Å². The van der Waals surface area contributed by atoms with E-state index in [1.54, 1.807) is 6.07 Å². The van der Waals surface area contributed by atoms with Crippen LogP contribution < -0.4 is 0 Å². The fourth-order valence-electron chi connectivity index (χ4n) is 0.856. The summed E-state index contributed by atoms with van der Waals surface area (Å²) in [5, 5.41) is 8.58. The molecule has 0 N–H and O–H groups in total. The molecule has 0 aliphatic heterocycles. The second-order valence-corrected chi connectivity index (χ2v) is 3.73. The van der Waals surface area contributed by atoms with Crippen molar-refractivity contribution in [3.63, 3.8) is 0 Å². The highest BCUT2D eigenvalue weighted by molar-refractivity contribution is 9.09. The molecule has 0 saturated heterocycles. The molecule has 0 saturated carbocycles. The predicted molar refractivity (Wildman–Crippen MR) is 48.5 cm³/mol. The van der Waals surface area contributed by atoms with Crippen molar-refractivity contribution in [2.75, 3.05) is 0 Å². The summed E-state index contributed by atoms with van der Waals surface area (Å²) in [6.07, 6.45) is 0. The molecule has 0 aliphatic rings. The largest absolute Gasteiger partial charge is 0.192 e. The van der Waals surface area contributed by atoms with E-state index in [9.17, 15) is 0 Å². The van der Waals surface area contributed by atoms with E-state index >= 15 is 0 Å². The van der Waals surface area contributed by atoms with Gasteiger partial charge in [-0.05, 0) is 24.6 Å². The normalized spacial score (nSPS) is 12.1. The maximum absolute atomic E-state index is 8.58. The lowest BCUT2D eigenvalue weighted by molar-refractivity contribution is 1.12. The first-order valence-corrected chi connectivity index (χ1v) is 4.29. The molecule has 11 heavy (non-hydrogen) atoms. The molecule has 1 aromatic carbocycles. The third kappa shape index (κ3) is 2.06. The van der Waals surface area contributed by atoms with Gasteiger partial charge in [-0.1, -0.05) is 28.1 Å². The Hall–Kier alpha value is -0.810. The Morgan fingerprint density at radius 2 is 2.27 bits per heavy atom. The molecule has 2 heteroatoms. The van der Waals surface area contributed by atoms with Gasteiger partial charge in [-0.25, -0.2) is 0 Å². The van der Waals surface area contributed by atoms with Crippen LogP contribution in [0.1, 0.15) is 22.9 Å². The second-order valence-electron chi connectivity index (χ2n) is 2.35. The van der Waals surface area contributed by atoms with E-state index in [0.29, 0.717) is 10.4 Å². The Bertz CT molecular complexity index is 286. The zero-order valence-corrected chi connectivity index (χ0v) is 7.80. The number of halogens is 1. The summed E-state index contributed by atoms with van der Waals surface area (Å²) in [6, 6.07) is 9.69. The molecule has 0 aromatic heterocycles. The van der Waals surface area contributed by atoms with Gasteiger partial charge in [0.25, 0.3) is 0 Å². The van der Waals surface area contributed by atoms with Crippen LogP contribution in [0.5, 0.6) is 0 Å².